The van der Waals surface area contributed by atoms with E-state index in [1.54, 1.807) is 25.3 Å². The molecule has 1 N–H and O–H groups in total. The zero-order valence-corrected chi connectivity index (χ0v) is 18.8. The molecule has 0 spiro atoms. The third-order valence-corrected chi connectivity index (χ3v) is 7.27. The zero-order valence-electron chi connectivity index (χ0n) is 18.0. The Morgan fingerprint density at radius 1 is 1.00 bits per heavy atom. The Morgan fingerprint density at radius 2 is 1.74 bits per heavy atom. The minimum absolute atomic E-state index is 0.256. The molecule has 0 radical (unpaired) electrons. The number of sulfonamides is 1. The summed E-state index contributed by atoms with van der Waals surface area (Å²) in [5.41, 5.74) is 5.93. The Balaban J connectivity index is 1.34. The van der Waals surface area contributed by atoms with Crippen LogP contribution in [0.5, 0.6) is 5.75 Å². The van der Waals surface area contributed by atoms with Crippen molar-refractivity contribution in [3.63, 3.8) is 0 Å². The van der Waals surface area contributed by atoms with E-state index in [4.69, 9.17) is 4.74 Å². The Bertz CT molecular complexity index is 1160. The molecule has 6 heteroatoms. The Hall–Kier alpha value is -2.83. The third-order valence-electron chi connectivity index (χ3n) is 5.81. The van der Waals surface area contributed by atoms with Crippen LogP contribution < -0.4 is 14.4 Å². The largest absolute Gasteiger partial charge is 0.496 e. The van der Waals surface area contributed by atoms with Crippen molar-refractivity contribution < 1.29 is 13.2 Å². The topological polar surface area (TPSA) is 58.6 Å². The lowest BCUT2D eigenvalue weighted by atomic mass is 9.99. The maximum absolute atomic E-state index is 12.6. The van der Waals surface area contributed by atoms with Gasteiger partial charge in [0.05, 0.1) is 12.0 Å². The van der Waals surface area contributed by atoms with Gasteiger partial charge in [0.1, 0.15) is 5.75 Å². The maximum atomic E-state index is 12.6. The number of nitrogens with zero attached hydrogens (tertiary/aromatic N) is 1. The van der Waals surface area contributed by atoms with Crippen LogP contribution in [0.25, 0.3) is 0 Å². The van der Waals surface area contributed by atoms with Crippen molar-refractivity contribution in [2.24, 2.45) is 0 Å². The molecule has 1 heterocycles. The molecule has 0 aliphatic carbocycles. The quantitative estimate of drug-likeness (QED) is 0.606. The van der Waals surface area contributed by atoms with Crippen LogP contribution in [0.1, 0.15) is 22.3 Å². The summed E-state index contributed by atoms with van der Waals surface area (Å²) < 4.78 is 33.1. The van der Waals surface area contributed by atoms with E-state index in [-0.39, 0.29) is 4.90 Å². The molecule has 0 unspecified atom stereocenters. The minimum Gasteiger partial charge on any atom is -0.496 e. The van der Waals surface area contributed by atoms with E-state index in [9.17, 15) is 8.42 Å². The minimum atomic E-state index is -3.55. The average Bonchev–Trinajstić information content (AvgIpc) is 2.79. The van der Waals surface area contributed by atoms with Gasteiger partial charge in [0, 0.05) is 25.3 Å². The lowest BCUT2D eigenvalue weighted by Crippen LogP contribution is -2.30. The van der Waals surface area contributed by atoms with Crippen LogP contribution in [0, 0.1) is 6.92 Å². The smallest absolute Gasteiger partial charge is 0.240 e. The van der Waals surface area contributed by atoms with Gasteiger partial charge < -0.3 is 9.64 Å². The van der Waals surface area contributed by atoms with E-state index in [2.05, 4.69) is 58.2 Å². The van der Waals surface area contributed by atoms with Crippen molar-refractivity contribution in [1.82, 2.24) is 4.72 Å². The highest BCUT2D eigenvalue weighted by atomic mass is 32.2. The lowest BCUT2D eigenvalue weighted by Gasteiger charge is -2.30. The van der Waals surface area contributed by atoms with E-state index < -0.39 is 10.0 Å². The van der Waals surface area contributed by atoms with E-state index in [0.29, 0.717) is 18.7 Å². The van der Waals surface area contributed by atoms with E-state index in [1.165, 1.54) is 16.8 Å². The molecular weight excluding hydrogens is 408 g/mol. The second-order valence-corrected chi connectivity index (χ2v) is 9.65. The zero-order chi connectivity index (χ0) is 21.8. The first-order valence-electron chi connectivity index (χ1n) is 10.5. The van der Waals surface area contributed by atoms with Crippen LogP contribution in [0.2, 0.25) is 0 Å². The van der Waals surface area contributed by atoms with Gasteiger partial charge >= 0.3 is 0 Å². The Morgan fingerprint density at radius 3 is 2.45 bits per heavy atom. The van der Waals surface area contributed by atoms with Crippen LogP contribution >= 0.6 is 0 Å². The predicted octanol–water partition coefficient (Wildman–Crippen LogP) is 4.09. The summed E-state index contributed by atoms with van der Waals surface area (Å²) in [4.78, 5) is 2.65. The van der Waals surface area contributed by atoms with Crippen LogP contribution in [0.3, 0.4) is 0 Å². The fraction of sp³-hybridized carbons (Fsp3) is 0.280. The number of anilines is 1. The van der Waals surface area contributed by atoms with Gasteiger partial charge in [-0.2, -0.15) is 0 Å². The molecule has 0 aromatic heterocycles. The molecule has 1 aliphatic heterocycles. The van der Waals surface area contributed by atoms with Gasteiger partial charge in [-0.3, -0.25) is 0 Å². The summed E-state index contributed by atoms with van der Waals surface area (Å²) in [6.45, 7) is 4.12. The Kier molecular flexibility index (Phi) is 6.30. The van der Waals surface area contributed by atoms with Crippen molar-refractivity contribution in [1.29, 1.82) is 0 Å². The molecular formula is C25H28N2O3S. The van der Waals surface area contributed by atoms with Crippen LogP contribution in [0.4, 0.5) is 5.69 Å². The lowest BCUT2D eigenvalue weighted by molar-refractivity contribution is 0.411. The second-order valence-electron chi connectivity index (χ2n) is 7.89. The second kappa shape index (κ2) is 9.12. The monoisotopic (exact) mass is 436 g/mol. The SMILES string of the molecule is COc1ccc(S(=O)(=O)NCCc2ccc(N3CCc4ccccc4C3)cc2)cc1C. The average molecular weight is 437 g/mol. The third kappa shape index (κ3) is 4.92. The van der Waals surface area contributed by atoms with Gasteiger partial charge in [0.25, 0.3) is 0 Å². The van der Waals surface area contributed by atoms with Crippen molar-refractivity contribution >= 4 is 15.7 Å². The number of ether oxygens (including phenoxy) is 1. The molecule has 0 saturated heterocycles. The highest BCUT2D eigenvalue weighted by molar-refractivity contribution is 7.89. The molecule has 162 valence electrons. The summed E-state index contributed by atoms with van der Waals surface area (Å²) in [7, 11) is -1.97. The van der Waals surface area contributed by atoms with Crippen molar-refractivity contribution in [2.75, 3.05) is 25.1 Å². The Labute approximate surface area is 184 Å². The molecule has 3 aromatic carbocycles. The normalized spacial score (nSPS) is 13.7. The highest BCUT2D eigenvalue weighted by Gasteiger charge is 2.17. The first-order chi connectivity index (χ1) is 15.0. The van der Waals surface area contributed by atoms with Gasteiger partial charge in [-0.25, -0.2) is 13.1 Å². The number of hydrogen-bond donors (Lipinski definition) is 1. The molecule has 4 rings (SSSR count). The number of methoxy groups -OCH3 is 1. The molecule has 0 bridgehead atoms. The van der Waals surface area contributed by atoms with Gasteiger partial charge in [0.2, 0.25) is 10.0 Å². The predicted molar refractivity (Wildman–Crippen MR) is 124 cm³/mol. The van der Waals surface area contributed by atoms with Crippen molar-refractivity contribution in [3.05, 3.63) is 89.0 Å². The number of hydrogen-bond acceptors (Lipinski definition) is 4. The van der Waals surface area contributed by atoms with E-state index in [0.717, 1.165) is 30.6 Å². The molecule has 0 amide bonds. The van der Waals surface area contributed by atoms with Gasteiger partial charge in [-0.15, -0.1) is 0 Å². The summed E-state index contributed by atoms with van der Waals surface area (Å²) in [5, 5.41) is 0. The fourth-order valence-electron chi connectivity index (χ4n) is 4.02. The number of aryl methyl sites for hydroxylation is 1. The van der Waals surface area contributed by atoms with Crippen LogP contribution in [-0.4, -0.2) is 28.6 Å². The summed E-state index contributed by atoms with van der Waals surface area (Å²) in [6, 6.07) is 21.9. The molecule has 31 heavy (non-hydrogen) atoms. The molecule has 1 aliphatic rings. The molecule has 0 saturated carbocycles. The van der Waals surface area contributed by atoms with Crippen LogP contribution in [-0.2, 0) is 29.4 Å². The van der Waals surface area contributed by atoms with Gasteiger partial charge in [0.15, 0.2) is 0 Å². The number of nitrogens with one attached hydrogen (secondary N) is 1. The van der Waals surface area contributed by atoms with Crippen molar-refractivity contribution in [2.45, 2.75) is 31.2 Å². The van der Waals surface area contributed by atoms with Gasteiger partial charge in [-0.05, 0) is 72.4 Å². The van der Waals surface area contributed by atoms with E-state index >= 15 is 0 Å². The number of rotatable bonds is 7. The highest BCUT2D eigenvalue weighted by Crippen LogP contribution is 2.25. The van der Waals surface area contributed by atoms with Gasteiger partial charge in [-0.1, -0.05) is 36.4 Å². The molecule has 0 fully saturated rings. The van der Waals surface area contributed by atoms with Crippen LogP contribution in [0.15, 0.2) is 71.6 Å². The fourth-order valence-corrected chi connectivity index (χ4v) is 5.14. The maximum Gasteiger partial charge on any atom is 0.240 e. The summed E-state index contributed by atoms with van der Waals surface area (Å²) >= 11 is 0. The van der Waals surface area contributed by atoms with E-state index in [1.807, 2.05) is 6.92 Å². The summed E-state index contributed by atoms with van der Waals surface area (Å²) in [5.74, 6) is 0.677. The molecule has 3 aromatic rings. The van der Waals surface area contributed by atoms with Crippen molar-refractivity contribution in [3.8, 4) is 5.75 Å². The first kappa shape index (κ1) is 21.4. The number of fused-ring (bicyclic) bond motifs is 1. The first-order valence-corrected chi connectivity index (χ1v) is 12.0. The molecule has 0 atom stereocenters. The summed E-state index contributed by atoms with van der Waals surface area (Å²) in [6.07, 6.45) is 1.70. The molecule has 5 nitrogen and oxygen atoms in total. The standard InChI is InChI=1S/C25H28N2O3S/c1-19-17-24(11-12-25(19)30-2)31(28,29)26-15-13-20-7-9-23(10-8-20)27-16-14-21-5-3-4-6-22(21)18-27/h3-12,17,26H,13-16,18H2,1-2H3. The number of benzene rings is 3.